The number of nitrogens with one attached hydrogen (secondary N) is 1. The van der Waals surface area contributed by atoms with Crippen LogP contribution in [0.15, 0.2) is 165 Å². The monoisotopic (exact) mass is 1490 g/mol. The van der Waals surface area contributed by atoms with Crippen molar-refractivity contribution in [3.05, 3.63) is 165 Å². The second-order valence-electron chi connectivity index (χ2n) is 28.5. The standard InChI is InChI=1S/C31H39N7O3.C29H35N7O2.C24H27N5O2/c1-40-27-15-26(16-28(18-27)41-2)38(21-23-3-4-23)25-5-6-29-30(17-25)34-31(20-32-29)24-19-33-37(22-24)12-11-35-7-9-36(10-8-35)13-14-39;1-37-25-13-24(14-26(16-25)38-2)36(19-21-3-4-21)23-5-6-27-28(15-23)33-29(18-31-27)22-17-32-35(20-22)12-11-34-9-7-30-8-10-34;1-5-6-9-29(19-10-20(30-3)13-21(11-19)31-4)18-7-8-22-23(12-18)27-24(15-25-22)17-14-26-28(2)16-17/h5-6,15-20,22-23,39H,3-4,7-14,21H2,1-2H3;5-6,13-18,20-21,30H,3-4,7-12,19H2,1-2H3;7-8,10-16H,5-6,9H2,1-4H3. The van der Waals surface area contributed by atoms with Crippen LogP contribution in [0.2, 0.25) is 0 Å². The first kappa shape index (κ1) is 75.8. The number of aliphatic hydroxyl groups is 1. The zero-order valence-corrected chi connectivity index (χ0v) is 64.5. The van der Waals surface area contributed by atoms with Crippen molar-refractivity contribution in [3.8, 4) is 68.3 Å². The largest absolute Gasteiger partial charge is 0.497 e. The molecule has 0 radical (unpaired) electrons. The van der Waals surface area contributed by atoms with Crippen molar-refractivity contribution in [1.82, 2.24) is 79.3 Å². The maximum atomic E-state index is 9.16. The fourth-order valence-electron chi connectivity index (χ4n) is 13.9. The molecule has 0 atom stereocenters. The Morgan fingerprint density at radius 3 is 1.13 bits per heavy atom. The maximum absolute atomic E-state index is 9.16. The summed E-state index contributed by atoms with van der Waals surface area (Å²) in [5, 5.41) is 26.0. The molecule has 2 saturated heterocycles. The lowest BCUT2D eigenvalue weighted by atomic mass is 10.1. The molecule has 0 spiro atoms. The number of aliphatic hydroxyl groups excluding tert-OH is 1. The van der Waals surface area contributed by atoms with Gasteiger partial charge in [-0.25, -0.2) is 15.0 Å². The molecule has 110 heavy (non-hydrogen) atoms. The maximum Gasteiger partial charge on any atom is 0.124 e. The molecule has 6 aromatic carbocycles. The van der Waals surface area contributed by atoms with Crippen LogP contribution in [-0.2, 0) is 20.1 Å². The minimum atomic E-state index is 0.227. The van der Waals surface area contributed by atoms with Crippen LogP contribution in [0, 0.1) is 11.8 Å². The second-order valence-corrected chi connectivity index (χ2v) is 28.5. The first-order valence-corrected chi connectivity index (χ1v) is 38.3. The number of nitrogens with zero attached hydrogens (tertiary/aromatic N) is 18. The average molecular weight is 1490 g/mol. The molecular weight excluding hydrogens is 1390 g/mol. The molecule has 574 valence electrons. The molecule has 4 fully saturated rings. The number of unbranched alkanes of at least 4 members (excludes halogenated alkanes) is 1. The van der Waals surface area contributed by atoms with Crippen molar-refractivity contribution in [2.24, 2.45) is 18.9 Å². The number of fused-ring (bicyclic) bond motifs is 3. The van der Waals surface area contributed by atoms with Gasteiger partial charge in [-0.15, -0.1) is 0 Å². The van der Waals surface area contributed by atoms with Crippen LogP contribution >= 0.6 is 0 Å². The first-order valence-electron chi connectivity index (χ1n) is 38.3. The Labute approximate surface area is 643 Å². The van der Waals surface area contributed by atoms with E-state index in [2.05, 4.69) is 141 Å². The molecule has 26 nitrogen and oxygen atoms in total. The third-order valence-electron chi connectivity index (χ3n) is 20.7. The molecule has 12 aromatic rings. The van der Waals surface area contributed by atoms with Crippen molar-refractivity contribution in [2.75, 3.05) is 156 Å². The van der Waals surface area contributed by atoms with Crippen molar-refractivity contribution in [2.45, 2.75) is 58.5 Å². The van der Waals surface area contributed by atoms with Crippen LogP contribution in [0.1, 0.15) is 45.4 Å². The van der Waals surface area contributed by atoms with E-state index in [0.717, 1.165) is 253 Å². The Balaban J connectivity index is 0.000000139. The van der Waals surface area contributed by atoms with Gasteiger partial charge in [0.05, 0.1) is 150 Å². The number of methoxy groups -OCH3 is 6. The molecule has 0 amide bonds. The minimum Gasteiger partial charge on any atom is -0.497 e. The van der Waals surface area contributed by atoms with Crippen LogP contribution in [0.5, 0.6) is 34.5 Å². The van der Waals surface area contributed by atoms with E-state index < -0.39 is 0 Å². The van der Waals surface area contributed by atoms with Crippen LogP contribution < -0.4 is 48.4 Å². The summed E-state index contributed by atoms with van der Waals surface area (Å²) in [6, 6.07) is 36.8. The molecule has 26 heteroatoms. The number of ether oxygens (including phenoxy) is 6. The third-order valence-corrected chi connectivity index (χ3v) is 20.7. The van der Waals surface area contributed by atoms with E-state index >= 15 is 0 Å². The van der Waals surface area contributed by atoms with Crippen LogP contribution in [0.3, 0.4) is 0 Å². The number of piperazine rings is 2. The van der Waals surface area contributed by atoms with Crippen molar-refractivity contribution < 1.29 is 33.5 Å². The zero-order valence-electron chi connectivity index (χ0n) is 64.5. The van der Waals surface area contributed by atoms with E-state index in [1.54, 1.807) is 59.7 Å². The summed E-state index contributed by atoms with van der Waals surface area (Å²) in [7, 11) is 12.0. The number of anilines is 6. The normalized spacial score (nSPS) is 14.7. The van der Waals surface area contributed by atoms with Gasteiger partial charge >= 0.3 is 0 Å². The van der Waals surface area contributed by atoms with E-state index in [0.29, 0.717) is 11.8 Å². The quantitative estimate of drug-likeness (QED) is 0.0425. The van der Waals surface area contributed by atoms with Crippen molar-refractivity contribution in [3.63, 3.8) is 0 Å². The highest BCUT2D eigenvalue weighted by Gasteiger charge is 2.29. The fraction of sp³-hybridized carbons (Fsp3) is 0.393. The highest BCUT2D eigenvalue weighted by atomic mass is 16.5. The minimum absolute atomic E-state index is 0.227. The number of hydrogen-bond donors (Lipinski definition) is 2. The Bertz CT molecular complexity index is 4960. The second kappa shape index (κ2) is 36.0. The molecule has 16 rings (SSSR count). The summed E-state index contributed by atoms with van der Waals surface area (Å²) in [6.07, 6.45) is 24.3. The van der Waals surface area contributed by atoms with E-state index in [-0.39, 0.29) is 6.61 Å². The van der Waals surface area contributed by atoms with Gasteiger partial charge in [0.1, 0.15) is 34.5 Å². The smallest absolute Gasteiger partial charge is 0.124 e. The van der Waals surface area contributed by atoms with E-state index in [4.69, 9.17) is 58.4 Å². The molecule has 0 unspecified atom stereocenters. The predicted molar refractivity (Wildman–Crippen MR) is 433 cm³/mol. The topological polar surface area (TPSA) is 238 Å². The van der Waals surface area contributed by atoms with Gasteiger partial charge in [0.25, 0.3) is 0 Å². The number of aryl methyl sites for hydroxylation is 1. The average Bonchev–Trinajstić information content (AvgIpc) is 1.30. The SMILES string of the molecule is CCCCN(c1cc(OC)cc(OC)c1)c1ccc2ncc(-c3cnn(C)c3)nc2c1.COc1cc(OC)cc(N(CC2CC2)c2ccc3ncc(-c4cnn(CCN5CCN(CCO)CC5)c4)nc3c2)c1.COc1cc(OC)cc(N(CC2CC2)c2ccc3ncc(-c4cnn(CCN5CCNCC5)c4)nc3c2)c1. The summed E-state index contributed by atoms with van der Waals surface area (Å²) >= 11 is 0. The summed E-state index contributed by atoms with van der Waals surface area (Å²) in [4.78, 5) is 43.1. The van der Waals surface area contributed by atoms with Gasteiger partial charge in [0, 0.05) is 223 Å². The Morgan fingerprint density at radius 1 is 0.400 bits per heavy atom. The summed E-state index contributed by atoms with van der Waals surface area (Å²) < 4.78 is 39.0. The molecule has 0 bridgehead atoms. The highest BCUT2D eigenvalue weighted by molar-refractivity contribution is 5.86. The lowest BCUT2D eigenvalue weighted by molar-refractivity contribution is 0.109. The van der Waals surface area contributed by atoms with Crippen molar-refractivity contribution in [1.29, 1.82) is 0 Å². The fourth-order valence-corrected chi connectivity index (χ4v) is 13.9. The molecular formula is C84H101N19O7. The molecule has 6 aromatic heterocycles. The zero-order chi connectivity index (χ0) is 75.9. The predicted octanol–water partition coefficient (Wildman–Crippen LogP) is 12.6. The molecule has 2 N–H and O–H groups in total. The number of β-amino-alcohol motifs (C(OH)–C–C–N with tert-alkyl or cyclic N) is 1. The third kappa shape index (κ3) is 19.3. The Kier molecular flexibility index (Phi) is 24.8. The van der Waals surface area contributed by atoms with Gasteiger partial charge in [-0.1, -0.05) is 13.3 Å². The number of benzene rings is 6. The molecule has 2 saturated carbocycles. The van der Waals surface area contributed by atoms with Gasteiger partial charge < -0.3 is 53.5 Å². The number of hydrogen-bond acceptors (Lipinski definition) is 23. The summed E-state index contributed by atoms with van der Waals surface area (Å²) in [6.45, 7) is 17.9. The summed E-state index contributed by atoms with van der Waals surface area (Å²) in [5.74, 6) is 5.97. The van der Waals surface area contributed by atoms with E-state index in [1.807, 2.05) is 89.9 Å². The lowest BCUT2D eigenvalue weighted by Crippen LogP contribution is -2.47. The van der Waals surface area contributed by atoms with E-state index in [9.17, 15) is 0 Å². The Hall–Kier alpha value is -11.0. The van der Waals surface area contributed by atoms with Gasteiger partial charge in [-0.05, 0) is 98.5 Å². The number of rotatable bonds is 30. The van der Waals surface area contributed by atoms with E-state index in [1.165, 1.54) is 25.7 Å². The summed E-state index contributed by atoms with van der Waals surface area (Å²) in [5.41, 5.74) is 16.8. The van der Waals surface area contributed by atoms with Crippen LogP contribution in [-0.4, -0.2) is 220 Å². The molecule has 2 aliphatic heterocycles. The molecule has 8 heterocycles. The van der Waals surface area contributed by atoms with Crippen molar-refractivity contribution >= 4 is 67.2 Å². The first-order chi connectivity index (χ1) is 53.9. The van der Waals surface area contributed by atoms with Crippen LogP contribution in [0.4, 0.5) is 34.1 Å². The highest BCUT2D eigenvalue weighted by Crippen LogP contribution is 2.42. The lowest BCUT2D eigenvalue weighted by Gasteiger charge is -2.34. The number of aromatic nitrogens is 12. The molecule has 2 aliphatic carbocycles. The van der Waals surface area contributed by atoms with Crippen LogP contribution in [0.25, 0.3) is 66.9 Å². The molecule has 4 aliphatic rings. The van der Waals surface area contributed by atoms with Gasteiger partial charge in [0.2, 0.25) is 0 Å². The van der Waals surface area contributed by atoms with Gasteiger partial charge in [0.15, 0.2) is 0 Å². The van der Waals surface area contributed by atoms with Gasteiger partial charge in [-0.2, -0.15) is 15.3 Å². The Morgan fingerprint density at radius 2 is 0.764 bits per heavy atom. The van der Waals surface area contributed by atoms with Gasteiger partial charge in [-0.3, -0.25) is 43.7 Å².